The van der Waals surface area contributed by atoms with E-state index in [-0.39, 0.29) is 10.9 Å². The van der Waals surface area contributed by atoms with Gasteiger partial charge in [-0.1, -0.05) is 5.16 Å². The number of sulfonamides is 1. The molecule has 1 saturated heterocycles. The van der Waals surface area contributed by atoms with Crippen LogP contribution >= 0.6 is 0 Å². The Bertz CT molecular complexity index is 877. The number of aryl methyl sites for hydroxylation is 1. The van der Waals surface area contributed by atoms with Crippen LogP contribution in [0.15, 0.2) is 33.7 Å². The molecule has 4 rings (SSSR count). The summed E-state index contributed by atoms with van der Waals surface area (Å²) in [6.07, 6.45) is 2.30. The maximum absolute atomic E-state index is 13.2. The lowest BCUT2D eigenvalue weighted by Gasteiger charge is -2.22. The maximum atomic E-state index is 13.2. The highest BCUT2D eigenvalue weighted by atomic mass is 32.2. The third-order valence-corrected chi connectivity index (χ3v) is 6.42. The molecular formula is C17H20N2O5S. The lowest BCUT2D eigenvalue weighted by molar-refractivity contribution is 0.296. The Morgan fingerprint density at radius 3 is 2.68 bits per heavy atom. The van der Waals surface area contributed by atoms with E-state index in [2.05, 4.69) is 5.16 Å². The molecule has 0 spiro atoms. The van der Waals surface area contributed by atoms with Crippen LogP contribution in [0.1, 0.15) is 36.8 Å². The maximum Gasteiger partial charge on any atom is 0.243 e. The minimum Gasteiger partial charge on any atom is -0.490 e. The van der Waals surface area contributed by atoms with Crippen molar-refractivity contribution in [1.29, 1.82) is 0 Å². The molecule has 3 heterocycles. The van der Waals surface area contributed by atoms with Gasteiger partial charge in [0.25, 0.3) is 0 Å². The zero-order valence-corrected chi connectivity index (χ0v) is 14.8. The zero-order valence-electron chi connectivity index (χ0n) is 14.0. The molecule has 134 valence electrons. The Morgan fingerprint density at radius 1 is 1.12 bits per heavy atom. The van der Waals surface area contributed by atoms with Crippen LogP contribution in [-0.4, -0.2) is 37.6 Å². The van der Waals surface area contributed by atoms with Gasteiger partial charge in [0.05, 0.1) is 24.2 Å². The smallest absolute Gasteiger partial charge is 0.243 e. The second-order valence-electron chi connectivity index (χ2n) is 6.30. The molecule has 0 saturated carbocycles. The number of rotatable bonds is 3. The molecule has 8 heteroatoms. The molecule has 0 aliphatic carbocycles. The van der Waals surface area contributed by atoms with Gasteiger partial charge in [-0.3, -0.25) is 0 Å². The first kappa shape index (κ1) is 16.4. The van der Waals surface area contributed by atoms with E-state index in [1.807, 2.05) is 0 Å². The van der Waals surface area contributed by atoms with Gasteiger partial charge in [0.1, 0.15) is 11.5 Å². The number of ether oxygens (including phenoxy) is 2. The molecule has 1 aromatic carbocycles. The lowest BCUT2D eigenvalue weighted by Crippen LogP contribution is -2.30. The molecule has 1 unspecified atom stereocenters. The Kier molecular flexibility index (Phi) is 4.16. The standard InChI is InChI=1S/C17H20N2O5S/c1-12-10-14(18-24-12)15-4-2-7-19(15)25(20,21)13-5-6-16-17(11-13)23-9-3-8-22-16/h5-6,10-11,15H,2-4,7-9H2,1H3. The van der Waals surface area contributed by atoms with Gasteiger partial charge < -0.3 is 14.0 Å². The van der Waals surface area contributed by atoms with Crippen LogP contribution in [0.4, 0.5) is 0 Å². The SMILES string of the molecule is Cc1cc(C2CCCN2S(=O)(=O)c2ccc3c(c2)OCCCO3)no1. The summed E-state index contributed by atoms with van der Waals surface area (Å²) in [6.45, 7) is 3.35. The average molecular weight is 364 g/mol. The predicted molar refractivity (Wildman–Crippen MR) is 89.2 cm³/mol. The van der Waals surface area contributed by atoms with Crippen molar-refractivity contribution in [2.45, 2.75) is 37.1 Å². The summed E-state index contributed by atoms with van der Waals surface area (Å²) < 4.78 is 44.2. The van der Waals surface area contributed by atoms with Gasteiger partial charge in [-0.25, -0.2) is 8.42 Å². The van der Waals surface area contributed by atoms with Gasteiger partial charge in [0.2, 0.25) is 10.0 Å². The third-order valence-electron chi connectivity index (χ3n) is 4.52. The quantitative estimate of drug-likeness (QED) is 0.833. The first-order chi connectivity index (χ1) is 12.1. The average Bonchev–Trinajstić information content (AvgIpc) is 3.18. The number of fused-ring (bicyclic) bond motifs is 1. The van der Waals surface area contributed by atoms with Crippen LogP contribution in [0.5, 0.6) is 11.5 Å². The fourth-order valence-corrected chi connectivity index (χ4v) is 4.99. The van der Waals surface area contributed by atoms with Crippen molar-refractivity contribution in [3.8, 4) is 11.5 Å². The number of aromatic nitrogens is 1. The highest BCUT2D eigenvalue weighted by molar-refractivity contribution is 7.89. The molecule has 7 nitrogen and oxygen atoms in total. The third kappa shape index (κ3) is 3.00. The van der Waals surface area contributed by atoms with Crippen molar-refractivity contribution in [3.05, 3.63) is 35.7 Å². The van der Waals surface area contributed by atoms with Gasteiger partial charge in [-0.15, -0.1) is 0 Å². The first-order valence-electron chi connectivity index (χ1n) is 8.40. The summed E-state index contributed by atoms with van der Waals surface area (Å²) in [5.41, 5.74) is 0.660. The number of nitrogens with zero attached hydrogens (tertiary/aromatic N) is 2. The van der Waals surface area contributed by atoms with E-state index in [1.165, 1.54) is 4.31 Å². The topological polar surface area (TPSA) is 81.9 Å². The van der Waals surface area contributed by atoms with Crippen molar-refractivity contribution in [3.63, 3.8) is 0 Å². The van der Waals surface area contributed by atoms with Crippen LogP contribution < -0.4 is 9.47 Å². The van der Waals surface area contributed by atoms with Gasteiger partial charge in [-0.2, -0.15) is 4.31 Å². The minimum absolute atomic E-state index is 0.212. The Balaban J connectivity index is 1.68. The van der Waals surface area contributed by atoms with E-state index in [0.717, 1.165) is 19.3 Å². The molecule has 2 aliphatic rings. The molecule has 1 fully saturated rings. The van der Waals surface area contributed by atoms with Gasteiger partial charge in [0.15, 0.2) is 11.5 Å². The van der Waals surface area contributed by atoms with Gasteiger partial charge in [-0.05, 0) is 31.9 Å². The number of hydrogen-bond acceptors (Lipinski definition) is 6. The Morgan fingerprint density at radius 2 is 1.92 bits per heavy atom. The van der Waals surface area contributed by atoms with E-state index in [1.54, 1.807) is 31.2 Å². The second kappa shape index (κ2) is 6.34. The monoisotopic (exact) mass is 364 g/mol. The summed E-state index contributed by atoms with van der Waals surface area (Å²) in [4.78, 5) is 0.212. The molecule has 1 aromatic heterocycles. The van der Waals surface area contributed by atoms with E-state index in [4.69, 9.17) is 14.0 Å². The van der Waals surface area contributed by atoms with Gasteiger partial charge >= 0.3 is 0 Å². The van der Waals surface area contributed by atoms with Crippen molar-refractivity contribution in [2.24, 2.45) is 0 Å². The lowest BCUT2D eigenvalue weighted by atomic mass is 10.1. The normalized spacial score (nSPS) is 21.2. The van der Waals surface area contributed by atoms with Crippen LogP contribution in [-0.2, 0) is 10.0 Å². The van der Waals surface area contributed by atoms with Crippen LogP contribution in [0, 0.1) is 6.92 Å². The summed E-state index contributed by atoms with van der Waals surface area (Å²) in [5, 5.41) is 4.01. The second-order valence-corrected chi connectivity index (χ2v) is 8.19. The molecule has 0 bridgehead atoms. The van der Waals surface area contributed by atoms with Crippen LogP contribution in [0.25, 0.3) is 0 Å². The largest absolute Gasteiger partial charge is 0.490 e. The minimum atomic E-state index is -3.66. The van der Waals surface area contributed by atoms with Crippen LogP contribution in [0.3, 0.4) is 0 Å². The predicted octanol–water partition coefficient (Wildman–Crippen LogP) is 2.67. The van der Waals surface area contributed by atoms with Crippen molar-refractivity contribution < 1.29 is 22.4 Å². The highest BCUT2D eigenvalue weighted by Crippen LogP contribution is 2.38. The van der Waals surface area contributed by atoms with Crippen molar-refractivity contribution >= 4 is 10.0 Å². The van der Waals surface area contributed by atoms with E-state index in [9.17, 15) is 8.42 Å². The summed E-state index contributed by atoms with van der Waals surface area (Å²) in [5.74, 6) is 1.74. The fraction of sp³-hybridized carbons (Fsp3) is 0.471. The molecule has 0 radical (unpaired) electrons. The molecule has 0 amide bonds. The van der Waals surface area contributed by atoms with E-state index >= 15 is 0 Å². The van der Waals surface area contributed by atoms with Crippen molar-refractivity contribution in [1.82, 2.24) is 9.46 Å². The number of hydrogen-bond donors (Lipinski definition) is 0. The highest BCUT2D eigenvalue weighted by Gasteiger charge is 2.38. The molecule has 0 N–H and O–H groups in total. The van der Waals surface area contributed by atoms with Gasteiger partial charge in [0, 0.05) is 25.1 Å². The molecule has 25 heavy (non-hydrogen) atoms. The fourth-order valence-electron chi connectivity index (χ4n) is 3.31. The van der Waals surface area contributed by atoms with Crippen LogP contribution in [0.2, 0.25) is 0 Å². The van der Waals surface area contributed by atoms with E-state index < -0.39 is 10.0 Å². The molecule has 1 atom stereocenters. The Hall–Kier alpha value is -2.06. The molecule has 2 aliphatic heterocycles. The molecule has 2 aromatic rings. The molecular weight excluding hydrogens is 344 g/mol. The summed E-state index contributed by atoms with van der Waals surface area (Å²) in [6, 6.07) is 6.30. The Labute approximate surface area is 146 Å². The number of benzene rings is 1. The summed E-state index contributed by atoms with van der Waals surface area (Å²) >= 11 is 0. The van der Waals surface area contributed by atoms with Crippen molar-refractivity contribution in [2.75, 3.05) is 19.8 Å². The first-order valence-corrected chi connectivity index (χ1v) is 9.84. The zero-order chi connectivity index (χ0) is 17.4. The summed E-state index contributed by atoms with van der Waals surface area (Å²) in [7, 11) is -3.66. The van der Waals surface area contributed by atoms with E-state index in [0.29, 0.717) is 42.7 Å².